The number of aromatic nitrogens is 1. The van der Waals surface area contributed by atoms with E-state index in [9.17, 15) is 0 Å². The number of nitrogens with one attached hydrogen (secondary N) is 1. The van der Waals surface area contributed by atoms with Crippen LogP contribution in [-0.2, 0) is 6.54 Å². The maximum Gasteiger partial charge on any atom is 0.0417 e. The summed E-state index contributed by atoms with van der Waals surface area (Å²) in [5.41, 5.74) is 2.51. The Bertz CT molecular complexity index is 332. The van der Waals surface area contributed by atoms with E-state index in [1.54, 1.807) is 0 Å². The number of aryl methyl sites for hydroxylation is 1. The molecule has 88 valence electrons. The lowest BCUT2D eigenvalue weighted by molar-refractivity contribution is 0.191. The molecule has 0 spiro atoms. The summed E-state index contributed by atoms with van der Waals surface area (Å²) in [4.78, 5) is 6.80. The molecule has 3 heteroatoms. The number of nitrogens with zero attached hydrogens (tertiary/aromatic N) is 2. The predicted molar refractivity (Wildman–Crippen MR) is 66.3 cm³/mol. The van der Waals surface area contributed by atoms with Crippen molar-refractivity contribution in [2.24, 2.45) is 0 Å². The van der Waals surface area contributed by atoms with Crippen LogP contribution in [0.15, 0.2) is 18.3 Å². The normalized spacial score (nSPS) is 17.9. The lowest BCUT2D eigenvalue weighted by Gasteiger charge is -2.31. The smallest absolute Gasteiger partial charge is 0.0417 e. The zero-order valence-electron chi connectivity index (χ0n) is 10.2. The Hall–Kier alpha value is -0.930. The summed E-state index contributed by atoms with van der Waals surface area (Å²) in [6.07, 6.45) is 4.38. The Labute approximate surface area is 97.9 Å². The van der Waals surface area contributed by atoms with Crippen molar-refractivity contribution < 1.29 is 0 Å². The Morgan fingerprint density at radius 3 is 2.88 bits per heavy atom. The standard InChI is InChI=1S/C13H21N3/c1-11-12(4-3-7-15-11)10-16(2)13-5-8-14-9-6-13/h3-4,7,13-14H,5-6,8-10H2,1-2H3. The molecule has 0 amide bonds. The van der Waals surface area contributed by atoms with Gasteiger partial charge in [0.05, 0.1) is 0 Å². The van der Waals surface area contributed by atoms with Gasteiger partial charge in [-0.1, -0.05) is 6.07 Å². The van der Waals surface area contributed by atoms with Gasteiger partial charge in [-0.25, -0.2) is 0 Å². The van der Waals surface area contributed by atoms with Crippen LogP contribution in [0.1, 0.15) is 24.1 Å². The molecule has 16 heavy (non-hydrogen) atoms. The number of hydrogen-bond acceptors (Lipinski definition) is 3. The van der Waals surface area contributed by atoms with Crippen LogP contribution in [0.3, 0.4) is 0 Å². The van der Waals surface area contributed by atoms with Crippen molar-refractivity contribution in [1.29, 1.82) is 0 Å². The Kier molecular flexibility index (Phi) is 3.91. The minimum absolute atomic E-state index is 0.723. The number of rotatable bonds is 3. The molecule has 0 radical (unpaired) electrons. The van der Waals surface area contributed by atoms with E-state index in [-0.39, 0.29) is 0 Å². The van der Waals surface area contributed by atoms with Gasteiger partial charge < -0.3 is 5.32 Å². The highest BCUT2D eigenvalue weighted by atomic mass is 15.1. The molecule has 3 nitrogen and oxygen atoms in total. The Balaban J connectivity index is 1.96. The molecule has 0 atom stereocenters. The van der Waals surface area contributed by atoms with E-state index in [0.717, 1.165) is 31.4 Å². The second-order valence-electron chi connectivity index (χ2n) is 4.64. The van der Waals surface area contributed by atoms with Crippen LogP contribution in [0, 0.1) is 6.92 Å². The third-order valence-electron chi connectivity index (χ3n) is 3.47. The molecule has 1 saturated heterocycles. The lowest BCUT2D eigenvalue weighted by Crippen LogP contribution is -2.40. The van der Waals surface area contributed by atoms with Gasteiger partial charge >= 0.3 is 0 Å². The van der Waals surface area contributed by atoms with E-state index in [2.05, 4.69) is 35.2 Å². The summed E-state index contributed by atoms with van der Waals surface area (Å²) < 4.78 is 0. The predicted octanol–water partition coefficient (Wildman–Crippen LogP) is 1.57. The highest BCUT2D eigenvalue weighted by molar-refractivity contribution is 5.18. The van der Waals surface area contributed by atoms with Gasteiger partial charge in [-0.2, -0.15) is 0 Å². The second kappa shape index (κ2) is 5.41. The fourth-order valence-corrected chi connectivity index (χ4v) is 2.33. The fraction of sp³-hybridized carbons (Fsp3) is 0.615. The molecule has 2 rings (SSSR count). The van der Waals surface area contributed by atoms with Gasteiger partial charge in [0.15, 0.2) is 0 Å². The highest BCUT2D eigenvalue weighted by Crippen LogP contribution is 2.14. The van der Waals surface area contributed by atoms with Crippen molar-refractivity contribution in [2.75, 3.05) is 20.1 Å². The number of piperidine rings is 1. The summed E-state index contributed by atoms with van der Waals surface area (Å²) in [7, 11) is 2.22. The first-order valence-corrected chi connectivity index (χ1v) is 6.09. The van der Waals surface area contributed by atoms with E-state index >= 15 is 0 Å². The van der Waals surface area contributed by atoms with Crippen molar-refractivity contribution in [3.05, 3.63) is 29.6 Å². The molecule has 1 aromatic heterocycles. The lowest BCUT2D eigenvalue weighted by atomic mass is 10.0. The van der Waals surface area contributed by atoms with Gasteiger partial charge in [0.2, 0.25) is 0 Å². The zero-order valence-corrected chi connectivity index (χ0v) is 10.2. The average molecular weight is 219 g/mol. The second-order valence-corrected chi connectivity index (χ2v) is 4.64. The van der Waals surface area contributed by atoms with Crippen LogP contribution in [0.25, 0.3) is 0 Å². The first kappa shape index (κ1) is 11.6. The Morgan fingerprint density at radius 2 is 2.19 bits per heavy atom. The molecule has 0 saturated carbocycles. The van der Waals surface area contributed by atoms with Crippen LogP contribution < -0.4 is 5.32 Å². The van der Waals surface area contributed by atoms with Crippen LogP contribution in [0.5, 0.6) is 0 Å². The minimum Gasteiger partial charge on any atom is -0.317 e. The molecular weight excluding hydrogens is 198 g/mol. The minimum atomic E-state index is 0.723. The van der Waals surface area contributed by atoms with Crippen molar-refractivity contribution in [3.63, 3.8) is 0 Å². The number of hydrogen-bond donors (Lipinski definition) is 1. The monoisotopic (exact) mass is 219 g/mol. The quantitative estimate of drug-likeness (QED) is 0.836. The molecular formula is C13H21N3. The highest BCUT2D eigenvalue weighted by Gasteiger charge is 2.18. The summed E-state index contributed by atoms with van der Waals surface area (Å²) >= 11 is 0. The van der Waals surface area contributed by atoms with Crippen LogP contribution >= 0.6 is 0 Å². The molecule has 1 aromatic rings. The maximum absolute atomic E-state index is 4.34. The van der Waals surface area contributed by atoms with E-state index < -0.39 is 0 Å². The van der Waals surface area contributed by atoms with E-state index in [1.807, 2.05) is 12.3 Å². The van der Waals surface area contributed by atoms with Crippen molar-refractivity contribution in [3.8, 4) is 0 Å². The molecule has 1 N–H and O–H groups in total. The molecule has 1 aliphatic rings. The van der Waals surface area contributed by atoms with Gasteiger partial charge in [0.1, 0.15) is 0 Å². The molecule has 1 fully saturated rings. The van der Waals surface area contributed by atoms with Crippen LogP contribution in [0.2, 0.25) is 0 Å². The van der Waals surface area contributed by atoms with Crippen molar-refractivity contribution >= 4 is 0 Å². The van der Waals surface area contributed by atoms with E-state index in [4.69, 9.17) is 0 Å². The van der Waals surface area contributed by atoms with Crippen molar-refractivity contribution in [1.82, 2.24) is 15.2 Å². The molecule has 0 unspecified atom stereocenters. The van der Waals surface area contributed by atoms with Gasteiger partial charge in [-0.05, 0) is 51.5 Å². The van der Waals surface area contributed by atoms with Gasteiger partial charge in [-0.3, -0.25) is 9.88 Å². The third kappa shape index (κ3) is 2.80. The summed E-state index contributed by atoms with van der Waals surface area (Å²) in [6.45, 7) is 5.41. The summed E-state index contributed by atoms with van der Waals surface area (Å²) in [6, 6.07) is 4.93. The fourth-order valence-electron chi connectivity index (χ4n) is 2.33. The summed E-state index contributed by atoms with van der Waals surface area (Å²) in [5.74, 6) is 0. The van der Waals surface area contributed by atoms with Gasteiger partial charge in [-0.15, -0.1) is 0 Å². The first-order chi connectivity index (χ1) is 7.77. The largest absolute Gasteiger partial charge is 0.317 e. The zero-order chi connectivity index (χ0) is 11.4. The third-order valence-corrected chi connectivity index (χ3v) is 3.47. The van der Waals surface area contributed by atoms with E-state index in [0.29, 0.717) is 0 Å². The SMILES string of the molecule is Cc1ncccc1CN(C)C1CCNCC1. The topological polar surface area (TPSA) is 28.2 Å². The maximum atomic E-state index is 4.34. The summed E-state index contributed by atoms with van der Waals surface area (Å²) in [5, 5.41) is 3.41. The molecule has 0 bridgehead atoms. The molecule has 0 aliphatic carbocycles. The first-order valence-electron chi connectivity index (χ1n) is 6.09. The van der Waals surface area contributed by atoms with Crippen LogP contribution in [-0.4, -0.2) is 36.1 Å². The number of pyridine rings is 1. The van der Waals surface area contributed by atoms with E-state index in [1.165, 1.54) is 18.4 Å². The Morgan fingerprint density at radius 1 is 1.44 bits per heavy atom. The van der Waals surface area contributed by atoms with Crippen LogP contribution in [0.4, 0.5) is 0 Å². The molecule has 2 heterocycles. The van der Waals surface area contributed by atoms with Gasteiger partial charge in [0.25, 0.3) is 0 Å². The van der Waals surface area contributed by atoms with Crippen molar-refractivity contribution in [2.45, 2.75) is 32.4 Å². The molecule has 1 aliphatic heterocycles. The van der Waals surface area contributed by atoms with Gasteiger partial charge in [0, 0.05) is 24.5 Å². The average Bonchev–Trinajstić information content (AvgIpc) is 2.33. The molecule has 0 aromatic carbocycles.